The maximum atomic E-state index is 8.28. The minimum atomic E-state index is 0. The predicted octanol–water partition coefficient (Wildman–Crippen LogP) is -1.08. The van der Waals surface area contributed by atoms with Crippen molar-refractivity contribution >= 4 is 62.3 Å². The third-order valence-electron chi connectivity index (χ3n) is 0. The van der Waals surface area contributed by atoms with Crippen molar-refractivity contribution in [1.82, 2.24) is 0 Å². The van der Waals surface area contributed by atoms with Crippen LogP contribution in [0.3, 0.4) is 0 Å². The van der Waals surface area contributed by atoms with E-state index in [1.165, 1.54) is 0 Å². The van der Waals surface area contributed by atoms with Gasteiger partial charge in [-0.1, -0.05) is 0 Å². The van der Waals surface area contributed by atoms with Gasteiger partial charge in [0.2, 0.25) is 0 Å². The second-order valence-corrected chi connectivity index (χ2v) is 0. The molecule has 0 aliphatic heterocycles. The fourth-order valence-electron chi connectivity index (χ4n) is 0. The van der Waals surface area contributed by atoms with Gasteiger partial charge in [-0.05, 0) is 0 Å². The first-order valence-corrected chi connectivity index (χ1v) is 0.866. The second kappa shape index (κ2) is 20.9. The van der Waals surface area contributed by atoms with Gasteiger partial charge in [-0.15, -0.1) is 0 Å². The van der Waals surface area contributed by atoms with Gasteiger partial charge in [0, 0.05) is 0 Å². The van der Waals surface area contributed by atoms with Gasteiger partial charge in [-0.3, -0.25) is 0 Å². The van der Waals surface area contributed by atoms with Crippen molar-refractivity contribution < 1.29 is 9.51 Å². The van der Waals surface area contributed by atoms with Crippen molar-refractivity contribution in [2.45, 2.75) is 0 Å². The van der Waals surface area contributed by atoms with Crippen molar-refractivity contribution in [1.29, 1.82) is 0 Å². The summed E-state index contributed by atoms with van der Waals surface area (Å²) in [6.07, 6.45) is 0. The molecule has 4 heavy (non-hydrogen) atoms. The Labute approximate surface area is 71.4 Å². The Morgan fingerprint density at radius 1 is 1.25 bits per heavy atom. The van der Waals surface area contributed by atoms with E-state index in [-0.39, 0.29) is 51.8 Å². The summed E-state index contributed by atoms with van der Waals surface area (Å²) in [5.74, 6) is 0. The monoisotopic (exact) mass is 96.0 g/mol. The molecule has 0 rings (SSSR count). The first-order valence-electron chi connectivity index (χ1n) is 0.289. The molecular weight excluding hydrogens is 91.6 g/mol. The van der Waals surface area contributed by atoms with E-state index in [2.05, 4.69) is 0 Å². The van der Waals surface area contributed by atoms with Gasteiger partial charge in [-0.2, -0.15) is 0 Å². The van der Waals surface area contributed by atoms with Gasteiger partial charge >= 0.3 is 66.1 Å². The van der Waals surface area contributed by atoms with Crippen LogP contribution in [0, 0.1) is 0 Å². The van der Waals surface area contributed by atoms with Crippen LogP contribution in [0.15, 0.2) is 0 Å². The molecule has 0 heterocycles. The summed E-state index contributed by atoms with van der Waals surface area (Å²) >= 11 is 0.611. The van der Waals surface area contributed by atoms with E-state index in [0.717, 1.165) is 0 Å². The van der Waals surface area contributed by atoms with Crippen molar-refractivity contribution in [2.75, 3.05) is 0 Å². The van der Waals surface area contributed by atoms with Crippen molar-refractivity contribution in [3.8, 4) is 0 Å². The zero-order valence-electron chi connectivity index (χ0n) is 6.53. The zero-order chi connectivity index (χ0) is 2.00. The molecule has 0 aliphatic rings. The molecular formula is H5AlMg2O. The van der Waals surface area contributed by atoms with E-state index in [9.17, 15) is 0 Å². The van der Waals surface area contributed by atoms with Crippen LogP contribution in [0.2, 0.25) is 0 Å². The normalized spacial score (nSPS) is 0.750. The number of hydrogen-bond acceptors (Lipinski definition) is 1. The van der Waals surface area contributed by atoms with Gasteiger partial charge in [0.25, 0.3) is 0 Å². The molecule has 0 fully saturated rings. The standard InChI is InChI=1S/Al.2Mg.O.5H/q;2*+2;;;4*-1. The average Bonchev–Trinajstić information content (AvgIpc) is 1.00. The van der Waals surface area contributed by atoms with Gasteiger partial charge in [0.1, 0.15) is 0 Å². The molecule has 0 amide bonds. The Bertz CT molecular complexity index is 14.0. The average molecular weight is 96.6 g/mol. The molecule has 0 unspecified atom stereocenters. The Morgan fingerprint density at radius 3 is 1.25 bits per heavy atom. The molecule has 0 aromatic heterocycles. The van der Waals surface area contributed by atoms with Crippen LogP contribution in [0.1, 0.15) is 5.71 Å². The van der Waals surface area contributed by atoms with Crippen LogP contribution in [0.5, 0.6) is 0 Å². The summed E-state index contributed by atoms with van der Waals surface area (Å²) in [5.41, 5.74) is 0. The number of hydrogen-bond donors (Lipinski definition) is 0. The number of rotatable bonds is 0. The van der Waals surface area contributed by atoms with Crippen LogP contribution < -0.4 is 0 Å². The molecule has 0 saturated heterocycles. The summed E-state index contributed by atoms with van der Waals surface area (Å²) in [6.45, 7) is 0. The van der Waals surface area contributed by atoms with E-state index < -0.39 is 0 Å². The van der Waals surface area contributed by atoms with E-state index in [4.69, 9.17) is 3.80 Å². The molecule has 0 radical (unpaired) electrons. The second-order valence-electron chi connectivity index (χ2n) is 0. The Balaban J connectivity index is -0.000000000333. The first kappa shape index (κ1) is 16.9. The quantitative estimate of drug-likeness (QED) is 0.351. The summed E-state index contributed by atoms with van der Waals surface area (Å²) in [7, 11) is 0. The van der Waals surface area contributed by atoms with Gasteiger partial charge in [-0.25, -0.2) is 0 Å². The van der Waals surface area contributed by atoms with Gasteiger partial charge in [0.15, 0.2) is 0 Å². The third kappa shape index (κ3) is 9.12. The topological polar surface area (TPSA) is 17.1 Å². The molecule has 0 aliphatic carbocycles. The van der Waals surface area contributed by atoms with Crippen molar-refractivity contribution in [3.63, 3.8) is 0 Å². The molecule has 18 valence electrons. The van der Waals surface area contributed by atoms with Gasteiger partial charge in [0.05, 0.1) is 0 Å². The Kier molecular flexibility index (Phi) is 88.3. The van der Waals surface area contributed by atoms with E-state index in [1.807, 2.05) is 0 Å². The third-order valence-corrected chi connectivity index (χ3v) is 0. The van der Waals surface area contributed by atoms with E-state index in [0.29, 0.717) is 16.2 Å². The first-order chi connectivity index (χ1) is 1.00. The predicted molar refractivity (Wildman–Crippen MR) is 23.8 cm³/mol. The van der Waals surface area contributed by atoms with Crippen LogP contribution in [-0.4, -0.2) is 62.3 Å². The van der Waals surface area contributed by atoms with Crippen molar-refractivity contribution in [2.24, 2.45) is 0 Å². The molecule has 1 nitrogen and oxygen atoms in total. The fraction of sp³-hybridized carbons (Fsp3) is 0. The summed E-state index contributed by atoms with van der Waals surface area (Å²) < 4.78 is 8.28. The van der Waals surface area contributed by atoms with Crippen LogP contribution in [0.4, 0.5) is 0 Å². The molecule has 4 heteroatoms. The minimum absolute atomic E-state index is 0. The van der Waals surface area contributed by atoms with Crippen LogP contribution >= 0.6 is 0 Å². The zero-order valence-corrected chi connectivity index (χ0v) is 6.77. The molecule has 0 aromatic carbocycles. The summed E-state index contributed by atoms with van der Waals surface area (Å²) in [5, 5.41) is 0. The van der Waals surface area contributed by atoms with E-state index >= 15 is 0 Å². The molecule has 0 spiro atoms. The van der Waals surface area contributed by atoms with Gasteiger partial charge < -0.3 is 5.71 Å². The molecule has 0 bridgehead atoms. The molecule has 0 N–H and O–H groups in total. The Hall–Kier alpha value is 1.86. The van der Waals surface area contributed by atoms with Crippen molar-refractivity contribution in [3.05, 3.63) is 0 Å². The van der Waals surface area contributed by atoms with Crippen LogP contribution in [0.25, 0.3) is 0 Å². The molecule has 0 saturated carbocycles. The molecule has 0 atom stereocenters. The van der Waals surface area contributed by atoms with Crippen LogP contribution in [-0.2, 0) is 3.80 Å². The summed E-state index contributed by atoms with van der Waals surface area (Å²) in [6, 6.07) is 0. The summed E-state index contributed by atoms with van der Waals surface area (Å²) in [4.78, 5) is 0. The maximum absolute atomic E-state index is 8.28. The van der Waals surface area contributed by atoms with E-state index in [1.54, 1.807) is 0 Å². The SMILES string of the molecule is [H-].[H-].[H-].[H-].[Mg+2].[Mg+2].[O]=[AlH]. The Morgan fingerprint density at radius 2 is 1.25 bits per heavy atom. The fourth-order valence-corrected chi connectivity index (χ4v) is 0. The molecule has 0 aromatic rings.